The molecule has 8 heteroatoms. The molecule has 7 aliphatic rings. The molecule has 0 radical (unpaired) electrons. The number of amides is 2. The standard InChI is InChI=1S/C32H52O4.C11H18N2O2.C3H6/c1-20-21-12-16-32(7)25(11-10-23-22-9-8-14-29(22,4)17-18-31(23,32)6)30(21,5)15-13-24(20)36-26(33)19-28(2,3)27(34)35;1-8-9(6-10(8)12-7-14)11(15)13-4-2-3-5-13;1-3-2/h20-25H,8-19H2,1-7H3,(H,34,35);7-10H,2-6H2,1H3,(H,12,14);3H,1H2,2H3/t20?,21?,22?,23?,24?,25?,29?,30?,31-,32?;;/m1../s1. The van der Waals surface area contributed by atoms with E-state index in [4.69, 9.17) is 4.74 Å². The number of ether oxygens (including phenoxy) is 1. The third-order valence-electron chi connectivity index (χ3n) is 17.6. The number of hydrogen-bond acceptors (Lipinski definition) is 5. The Labute approximate surface area is 327 Å². The van der Waals surface area contributed by atoms with Crippen molar-refractivity contribution in [3.05, 3.63) is 12.7 Å². The fourth-order valence-electron chi connectivity index (χ4n) is 13.9. The van der Waals surface area contributed by atoms with Crippen molar-refractivity contribution in [3.8, 4) is 0 Å². The number of carboxylic acid groups (broad SMARTS) is 1. The Hall–Kier alpha value is -2.38. The van der Waals surface area contributed by atoms with Gasteiger partial charge < -0.3 is 20.1 Å². The van der Waals surface area contributed by atoms with Crippen LogP contribution in [0.15, 0.2) is 12.7 Å². The summed E-state index contributed by atoms with van der Waals surface area (Å²) in [6, 6.07) is 0.207. The monoisotopic (exact) mass is 753 g/mol. The smallest absolute Gasteiger partial charge is 0.309 e. The molecule has 0 bridgehead atoms. The van der Waals surface area contributed by atoms with Crippen LogP contribution >= 0.6 is 0 Å². The topological polar surface area (TPSA) is 113 Å². The van der Waals surface area contributed by atoms with Gasteiger partial charge in [-0.3, -0.25) is 19.2 Å². The first-order chi connectivity index (χ1) is 25.3. The molecule has 0 aromatic carbocycles. The van der Waals surface area contributed by atoms with Crippen molar-refractivity contribution in [2.24, 2.45) is 68.5 Å². The Morgan fingerprint density at radius 1 is 0.852 bits per heavy atom. The summed E-state index contributed by atoms with van der Waals surface area (Å²) in [5.41, 5.74) is 0.674. The van der Waals surface area contributed by atoms with E-state index in [0.29, 0.717) is 45.3 Å². The van der Waals surface area contributed by atoms with Crippen LogP contribution in [0.4, 0.5) is 0 Å². The molecule has 2 amide bonds. The number of nitrogens with one attached hydrogen (secondary N) is 1. The third-order valence-corrected chi connectivity index (χ3v) is 17.6. The highest BCUT2D eigenvalue weighted by molar-refractivity contribution is 5.81. The maximum absolute atomic E-state index is 12.7. The number of nitrogens with zero attached hydrogens (tertiary/aromatic N) is 1. The van der Waals surface area contributed by atoms with Gasteiger partial charge in [-0.1, -0.05) is 54.0 Å². The second-order valence-corrected chi connectivity index (χ2v) is 20.7. The lowest BCUT2D eigenvalue weighted by molar-refractivity contribution is -0.234. The van der Waals surface area contributed by atoms with Crippen LogP contribution in [-0.4, -0.2) is 59.5 Å². The van der Waals surface area contributed by atoms with Gasteiger partial charge in [0.15, 0.2) is 0 Å². The fraction of sp³-hybridized carbons (Fsp3) is 0.870. The number of esters is 1. The Kier molecular flexibility index (Phi) is 12.9. The molecule has 6 aliphatic carbocycles. The van der Waals surface area contributed by atoms with E-state index in [1.807, 2.05) is 18.7 Å². The average Bonchev–Trinajstić information content (AvgIpc) is 3.79. The molecule has 1 saturated heterocycles. The lowest BCUT2D eigenvalue weighted by Gasteiger charge is -2.71. The van der Waals surface area contributed by atoms with E-state index in [9.17, 15) is 24.3 Å². The number of fused-ring (bicyclic) bond motifs is 7. The maximum atomic E-state index is 12.7. The van der Waals surface area contributed by atoms with Gasteiger partial charge in [-0.05, 0) is 161 Å². The summed E-state index contributed by atoms with van der Waals surface area (Å²) in [6.07, 6.45) is 20.0. The van der Waals surface area contributed by atoms with E-state index in [1.165, 1.54) is 57.8 Å². The van der Waals surface area contributed by atoms with Crippen molar-refractivity contribution < 1.29 is 29.0 Å². The van der Waals surface area contributed by atoms with E-state index in [0.717, 1.165) is 69.4 Å². The van der Waals surface area contributed by atoms with E-state index in [1.54, 1.807) is 19.9 Å². The molecule has 0 aromatic heterocycles. The van der Waals surface area contributed by atoms with Crippen LogP contribution in [-0.2, 0) is 23.9 Å². The molecule has 306 valence electrons. The van der Waals surface area contributed by atoms with Gasteiger partial charge in [-0.25, -0.2) is 0 Å². The summed E-state index contributed by atoms with van der Waals surface area (Å²) >= 11 is 0. The molecule has 54 heavy (non-hydrogen) atoms. The van der Waals surface area contributed by atoms with Crippen molar-refractivity contribution in [3.63, 3.8) is 0 Å². The van der Waals surface area contributed by atoms with Crippen LogP contribution in [0.25, 0.3) is 0 Å². The quantitative estimate of drug-likeness (QED) is 0.152. The summed E-state index contributed by atoms with van der Waals surface area (Å²) in [6.45, 7) is 25.3. The van der Waals surface area contributed by atoms with Crippen molar-refractivity contribution in [2.75, 3.05) is 13.1 Å². The molecular weight excluding hydrogens is 677 g/mol. The van der Waals surface area contributed by atoms with Crippen LogP contribution in [0.3, 0.4) is 0 Å². The Balaban J connectivity index is 0.000000258. The van der Waals surface area contributed by atoms with Crippen molar-refractivity contribution in [1.82, 2.24) is 10.2 Å². The van der Waals surface area contributed by atoms with Crippen LogP contribution < -0.4 is 5.32 Å². The lowest BCUT2D eigenvalue weighted by atomic mass is 9.33. The van der Waals surface area contributed by atoms with Crippen LogP contribution in [0.2, 0.25) is 0 Å². The third kappa shape index (κ3) is 7.55. The summed E-state index contributed by atoms with van der Waals surface area (Å²) in [5, 5.41) is 12.2. The first-order valence-electron chi connectivity index (χ1n) is 21.8. The lowest BCUT2D eigenvalue weighted by Crippen LogP contribution is -2.65. The van der Waals surface area contributed by atoms with Crippen molar-refractivity contribution in [1.29, 1.82) is 0 Å². The second kappa shape index (κ2) is 16.2. The first-order valence-corrected chi connectivity index (χ1v) is 21.8. The summed E-state index contributed by atoms with van der Waals surface area (Å²) < 4.78 is 6.01. The minimum absolute atomic E-state index is 0.0615. The van der Waals surface area contributed by atoms with Crippen LogP contribution in [0.1, 0.15) is 159 Å². The molecule has 12 unspecified atom stereocenters. The fourth-order valence-corrected chi connectivity index (χ4v) is 13.9. The van der Waals surface area contributed by atoms with Crippen molar-refractivity contribution in [2.45, 2.75) is 171 Å². The highest BCUT2D eigenvalue weighted by atomic mass is 16.5. The maximum Gasteiger partial charge on any atom is 0.309 e. The summed E-state index contributed by atoms with van der Waals surface area (Å²) in [7, 11) is 0. The zero-order valence-electron chi connectivity index (χ0n) is 35.5. The zero-order valence-corrected chi connectivity index (χ0v) is 35.5. The molecule has 1 heterocycles. The Morgan fingerprint density at radius 2 is 1.52 bits per heavy atom. The number of hydrogen-bond donors (Lipinski definition) is 2. The molecule has 1 aliphatic heterocycles. The number of likely N-dealkylation sites (tertiary alicyclic amines) is 1. The first kappa shape index (κ1) is 42.8. The number of carbonyl (C=O) groups is 4. The predicted octanol–water partition coefficient (Wildman–Crippen LogP) is 9.46. The normalized spacial score (nSPS) is 43.4. The van der Waals surface area contributed by atoms with Crippen LogP contribution in [0, 0.1) is 68.5 Å². The zero-order chi connectivity index (χ0) is 39.9. The van der Waals surface area contributed by atoms with Gasteiger partial charge in [0.1, 0.15) is 6.10 Å². The van der Waals surface area contributed by atoms with E-state index in [-0.39, 0.29) is 30.5 Å². The van der Waals surface area contributed by atoms with Gasteiger partial charge in [0.05, 0.1) is 11.8 Å². The summed E-state index contributed by atoms with van der Waals surface area (Å²) in [4.78, 5) is 48.5. The Bertz CT molecular complexity index is 1390. The number of aliphatic carboxylic acids is 1. The molecule has 8 nitrogen and oxygen atoms in total. The number of allylic oxidation sites excluding steroid dienone is 1. The van der Waals surface area contributed by atoms with Gasteiger partial charge in [0, 0.05) is 25.0 Å². The SMILES string of the molecule is C=CC.CC1C(NC=O)CC1C(=O)N1CCCC1.CC1C(OC(=O)CC(C)(C)C(=O)O)CCC2(C)C1CCC1(C)C2CCC2C3CCCC3(C)CC[C@]21C. The number of rotatable bonds is 7. The Morgan fingerprint density at radius 3 is 2.13 bits per heavy atom. The van der Waals surface area contributed by atoms with Gasteiger partial charge in [-0.2, -0.15) is 0 Å². The molecular formula is C46H76N2O6. The molecule has 0 aromatic rings. The number of carboxylic acids is 1. The molecule has 2 N–H and O–H groups in total. The van der Waals surface area contributed by atoms with E-state index in [2.05, 4.69) is 46.5 Å². The second-order valence-electron chi connectivity index (χ2n) is 20.7. The molecule has 0 spiro atoms. The van der Waals surface area contributed by atoms with Crippen LogP contribution in [0.5, 0.6) is 0 Å². The largest absolute Gasteiger partial charge is 0.481 e. The minimum atomic E-state index is -1.08. The molecule has 7 rings (SSSR count). The number of carbonyl (C=O) groups excluding carboxylic acids is 3. The van der Waals surface area contributed by atoms with Gasteiger partial charge in [-0.15, -0.1) is 6.58 Å². The van der Waals surface area contributed by atoms with E-state index < -0.39 is 11.4 Å². The van der Waals surface area contributed by atoms with Gasteiger partial charge in [0.2, 0.25) is 12.3 Å². The highest BCUT2D eigenvalue weighted by Crippen LogP contribution is 2.76. The minimum Gasteiger partial charge on any atom is -0.481 e. The summed E-state index contributed by atoms with van der Waals surface area (Å²) in [5.74, 6) is 2.93. The van der Waals surface area contributed by atoms with Gasteiger partial charge in [0.25, 0.3) is 0 Å². The van der Waals surface area contributed by atoms with E-state index >= 15 is 0 Å². The highest BCUT2D eigenvalue weighted by Gasteiger charge is 2.68. The van der Waals surface area contributed by atoms with Gasteiger partial charge >= 0.3 is 11.9 Å². The van der Waals surface area contributed by atoms with Crippen molar-refractivity contribution >= 4 is 24.3 Å². The molecule has 13 atom stereocenters. The average molecular weight is 753 g/mol. The molecule has 7 fully saturated rings. The molecule has 6 saturated carbocycles. The predicted molar refractivity (Wildman–Crippen MR) is 214 cm³/mol.